The Bertz CT molecular complexity index is 611. The van der Waals surface area contributed by atoms with Crippen LogP contribution in [0.5, 0.6) is 0 Å². The van der Waals surface area contributed by atoms with Crippen LogP contribution in [0.2, 0.25) is 0 Å². The summed E-state index contributed by atoms with van der Waals surface area (Å²) in [4.78, 5) is 13.8. The van der Waals surface area contributed by atoms with Crippen LogP contribution in [0, 0.1) is 5.82 Å². The zero-order valence-electron chi connectivity index (χ0n) is 12.1. The Hall–Kier alpha value is -2.56. The molecule has 0 saturated heterocycles. The highest BCUT2D eigenvalue weighted by Crippen LogP contribution is 2.15. The fraction of sp³-hybridized carbons (Fsp3) is 0.188. The number of amides is 1. The lowest BCUT2D eigenvalue weighted by Gasteiger charge is -2.13. The van der Waals surface area contributed by atoms with Gasteiger partial charge in [-0.2, -0.15) is 0 Å². The fourth-order valence-corrected chi connectivity index (χ4v) is 1.83. The smallest absolute Gasteiger partial charge is 0.243 e. The van der Waals surface area contributed by atoms with E-state index < -0.39 is 0 Å². The molecule has 5 heteroatoms. The van der Waals surface area contributed by atoms with Crippen LogP contribution in [0.25, 0.3) is 0 Å². The highest BCUT2D eigenvalue weighted by molar-refractivity contribution is 5.93. The normalized spacial score (nSPS) is 10.0. The van der Waals surface area contributed by atoms with Crippen LogP contribution in [0.3, 0.4) is 0 Å². The first kappa shape index (κ1) is 14.8. The van der Waals surface area contributed by atoms with Crippen LogP contribution in [-0.4, -0.2) is 26.5 Å². The Labute approximate surface area is 123 Å². The minimum Gasteiger partial charge on any atom is -0.378 e. The Kier molecular flexibility index (Phi) is 4.77. The second-order valence-electron chi connectivity index (χ2n) is 4.85. The van der Waals surface area contributed by atoms with E-state index >= 15 is 0 Å². The van der Waals surface area contributed by atoms with Gasteiger partial charge in [0.15, 0.2) is 0 Å². The zero-order chi connectivity index (χ0) is 15.2. The number of anilines is 3. The molecule has 2 aromatic rings. The Morgan fingerprint density at radius 2 is 1.81 bits per heavy atom. The van der Waals surface area contributed by atoms with Gasteiger partial charge >= 0.3 is 0 Å². The molecule has 1 amide bonds. The first-order valence-electron chi connectivity index (χ1n) is 6.61. The SMILES string of the molecule is CN(C)c1ccc(NCC(=O)Nc2cccc(F)c2)cc1. The molecule has 0 aromatic heterocycles. The number of rotatable bonds is 5. The molecule has 0 radical (unpaired) electrons. The molecular formula is C16H18FN3O. The van der Waals surface area contributed by atoms with Gasteiger partial charge in [-0.15, -0.1) is 0 Å². The van der Waals surface area contributed by atoms with E-state index in [-0.39, 0.29) is 18.3 Å². The number of hydrogen-bond donors (Lipinski definition) is 2. The Morgan fingerprint density at radius 3 is 2.43 bits per heavy atom. The molecule has 110 valence electrons. The van der Waals surface area contributed by atoms with Crippen LogP contribution in [0.1, 0.15) is 0 Å². The quantitative estimate of drug-likeness (QED) is 0.888. The molecule has 2 aromatic carbocycles. The molecule has 0 aliphatic heterocycles. The van der Waals surface area contributed by atoms with E-state index in [0.717, 1.165) is 11.4 Å². The monoisotopic (exact) mass is 287 g/mol. The topological polar surface area (TPSA) is 44.4 Å². The number of carbonyl (C=O) groups is 1. The largest absolute Gasteiger partial charge is 0.378 e. The third kappa shape index (κ3) is 4.49. The van der Waals surface area contributed by atoms with Gasteiger partial charge in [0, 0.05) is 31.2 Å². The summed E-state index contributed by atoms with van der Waals surface area (Å²) in [5.41, 5.74) is 2.39. The van der Waals surface area contributed by atoms with Crippen LogP contribution in [-0.2, 0) is 4.79 Å². The maximum atomic E-state index is 13.0. The molecule has 4 nitrogen and oxygen atoms in total. The molecule has 2 rings (SSSR count). The lowest BCUT2D eigenvalue weighted by atomic mass is 10.2. The number of nitrogens with zero attached hydrogens (tertiary/aromatic N) is 1. The molecule has 2 N–H and O–H groups in total. The van der Waals surface area contributed by atoms with Crippen molar-refractivity contribution in [3.63, 3.8) is 0 Å². The summed E-state index contributed by atoms with van der Waals surface area (Å²) in [6.07, 6.45) is 0. The first-order valence-corrected chi connectivity index (χ1v) is 6.61. The van der Waals surface area contributed by atoms with Gasteiger partial charge in [-0.1, -0.05) is 6.07 Å². The third-order valence-electron chi connectivity index (χ3n) is 2.95. The van der Waals surface area contributed by atoms with E-state index in [0.29, 0.717) is 5.69 Å². The number of benzene rings is 2. The molecule has 0 unspecified atom stereocenters. The molecule has 0 spiro atoms. The van der Waals surface area contributed by atoms with Crippen molar-refractivity contribution in [1.82, 2.24) is 0 Å². The third-order valence-corrected chi connectivity index (χ3v) is 2.95. The van der Waals surface area contributed by atoms with Crippen LogP contribution < -0.4 is 15.5 Å². The highest BCUT2D eigenvalue weighted by atomic mass is 19.1. The predicted octanol–water partition coefficient (Wildman–Crippen LogP) is 2.94. The van der Waals surface area contributed by atoms with E-state index in [1.807, 2.05) is 43.3 Å². The van der Waals surface area contributed by atoms with Crippen molar-refractivity contribution in [2.24, 2.45) is 0 Å². The summed E-state index contributed by atoms with van der Waals surface area (Å²) in [5, 5.41) is 5.65. The van der Waals surface area contributed by atoms with Crippen molar-refractivity contribution in [2.45, 2.75) is 0 Å². The predicted molar refractivity (Wildman–Crippen MR) is 84.3 cm³/mol. The van der Waals surface area contributed by atoms with Gasteiger partial charge in [0.25, 0.3) is 0 Å². The van der Waals surface area contributed by atoms with E-state index in [1.165, 1.54) is 12.1 Å². The average Bonchev–Trinajstić information content (AvgIpc) is 2.45. The van der Waals surface area contributed by atoms with Crippen LogP contribution in [0.4, 0.5) is 21.5 Å². The minimum atomic E-state index is -0.375. The first-order chi connectivity index (χ1) is 10.0. The van der Waals surface area contributed by atoms with Gasteiger partial charge in [-0.05, 0) is 42.5 Å². The lowest BCUT2D eigenvalue weighted by Crippen LogP contribution is -2.21. The van der Waals surface area contributed by atoms with Gasteiger partial charge in [0.2, 0.25) is 5.91 Å². The van der Waals surface area contributed by atoms with Gasteiger partial charge in [0.1, 0.15) is 5.82 Å². The average molecular weight is 287 g/mol. The maximum absolute atomic E-state index is 13.0. The summed E-state index contributed by atoms with van der Waals surface area (Å²) in [5.74, 6) is -0.600. The molecule has 0 bridgehead atoms. The number of halogens is 1. The van der Waals surface area contributed by atoms with Gasteiger partial charge in [0.05, 0.1) is 6.54 Å². The van der Waals surface area contributed by atoms with E-state index in [4.69, 9.17) is 0 Å². The molecule has 0 atom stereocenters. The summed E-state index contributed by atoms with van der Waals surface area (Å²) < 4.78 is 13.0. The molecule has 0 heterocycles. The lowest BCUT2D eigenvalue weighted by molar-refractivity contribution is -0.114. The number of nitrogens with one attached hydrogen (secondary N) is 2. The van der Waals surface area contributed by atoms with Crippen molar-refractivity contribution in [2.75, 3.05) is 36.2 Å². The van der Waals surface area contributed by atoms with Crippen molar-refractivity contribution >= 4 is 23.0 Å². The minimum absolute atomic E-state index is 0.123. The maximum Gasteiger partial charge on any atom is 0.243 e. The Balaban J connectivity index is 1.86. The van der Waals surface area contributed by atoms with E-state index in [1.54, 1.807) is 12.1 Å². The number of hydrogen-bond acceptors (Lipinski definition) is 3. The standard InChI is InChI=1S/C16H18FN3O/c1-20(2)15-8-6-13(7-9-15)18-11-16(21)19-14-5-3-4-12(17)10-14/h3-10,18H,11H2,1-2H3,(H,19,21). The highest BCUT2D eigenvalue weighted by Gasteiger charge is 2.03. The molecule has 0 saturated carbocycles. The summed E-state index contributed by atoms with van der Waals surface area (Å²) in [7, 11) is 3.93. The van der Waals surface area contributed by atoms with Gasteiger partial charge in [-0.3, -0.25) is 4.79 Å². The molecule has 0 fully saturated rings. The van der Waals surface area contributed by atoms with E-state index in [2.05, 4.69) is 10.6 Å². The van der Waals surface area contributed by atoms with Crippen LogP contribution in [0.15, 0.2) is 48.5 Å². The van der Waals surface area contributed by atoms with Crippen LogP contribution >= 0.6 is 0 Å². The van der Waals surface area contributed by atoms with Crippen molar-refractivity contribution < 1.29 is 9.18 Å². The van der Waals surface area contributed by atoms with Gasteiger partial charge < -0.3 is 15.5 Å². The second kappa shape index (κ2) is 6.74. The van der Waals surface area contributed by atoms with Crippen molar-refractivity contribution in [3.8, 4) is 0 Å². The fourth-order valence-electron chi connectivity index (χ4n) is 1.83. The second-order valence-corrected chi connectivity index (χ2v) is 4.85. The number of carbonyl (C=O) groups excluding carboxylic acids is 1. The van der Waals surface area contributed by atoms with E-state index in [9.17, 15) is 9.18 Å². The molecule has 0 aliphatic carbocycles. The molecular weight excluding hydrogens is 269 g/mol. The summed E-state index contributed by atoms with van der Waals surface area (Å²) in [6.45, 7) is 0.123. The Morgan fingerprint density at radius 1 is 1.10 bits per heavy atom. The van der Waals surface area contributed by atoms with Crippen molar-refractivity contribution in [3.05, 3.63) is 54.3 Å². The van der Waals surface area contributed by atoms with Crippen molar-refractivity contribution in [1.29, 1.82) is 0 Å². The summed E-state index contributed by atoms with van der Waals surface area (Å²) in [6, 6.07) is 13.6. The molecule has 0 aliphatic rings. The summed E-state index contributed by atoms with van der Waals surface area (Å²) >= 11 is 0. The van der Waals surface area contributed by atoms with Gasteiger partial charge in [-0.25, -0.2) is 4.39 Å². The zero-order valence-corrected chi connectivity index (χ0v) is 12.1. The molecule has 21 heavy (non-hydrogen) atoms.